The molecule has 1 aliphatic rings. The summed E-state index contributed by atoms with van der Waals surface area (Å²) < 4.78 is 13.5. The van der Waals surface area contributed by atoms with Crippen molar-refractivity contribution in [3.63, 3.8) is 0 Å². The van der Waals surface area contributed by atoms with Crippen molar-refractivity contribution in [1.29, 1.82) is 0 Å². The second-order valence-electron chi connectivity index (χ2n) is 6.16. The number of hydrogen-bond acceptors (Lipinski definition) is 2. The van der Waals surface area contributed by atoms with E-state index in [2.05, 4.69) is 5.32 Å². The molecule has 1 atom stereocenters. The van der Waals surface area contributed by atoms with E-state index in [9.17, 15) is 14.3 Å². The topological polar surface area (TPSA) is 49.3 Å². The number of benzene rings is 3. The van der Waals surface area contributed by atoms with Crippen LogP contribution in [0.25, 0.3) is 11.1 Å². The number of carbonyl (C=O) groups is 1. The fourth-order valence-corrected chi connectivity index (χ4v) is 3.29. The van der Waals surface area contributed by atoms with Crippen LogP contribution >= 0.6 is 0 Å². The van der Waals surface area contributed by atoms with E-state index in [4.69, 9.17) is 0 Å². The number of hydrogen-bond donors (Lipinski definition) is 2. The highest BCUT2D eigenvalue weighted by Crippen LogP contribution is 2.38. The number of nitrogens with one attached hydrogen (secondary N) is 1. The van der Waals surface area contributed by atoms with Crippen molar-refractivity contribution in [1.82, 2.24) is 0 Å². The van der Waals surface area contributed by atoms with Gasteiger partial charge in [0.2, 0.25) is 5.91 Å². The third kappa shape index (κ3) is 2.76. The van der Waals surface area contributed by atoms with Crippen LogP contribution in [0.15, 0.2) is 66.7 Å². The molecule has 1 amide bonds. The summed E-state index contributed by atoms with van der Waals surface area (Å²) in [6, 6.07) is 20.2. The Morgan fingerprint density at radius 3 is 2.56 bits per heavy atom. The highest BCUT2D eigenvalue weighted by Gasteiger charge is 2.31. The standard InChI is InChI=1S/C21H16FNO2/c22-18-8-4-7-15(20(18)24)11-17-16-10-9-14(12-19(16)23-21(17)25)13-5-2-1-3-6-13/h1-10,12,17,24H,11H2,(H,23,25). The monoisotopic (exact) mass is 333 g/mol. The van der Waals surface area contributed by atoms with Gasteiger partial charge in [-0.25, -0.2) is 4.39 Å². The molecular formula is C21H16FNO2. The molecule has 124 valence electrons. The highest BCUT2D eigenvalue weighted by molar-refractivity contribution is 6.03. The van der Waals surface area contributed by atoms with Gasteiger partial charge in [0.05, 0.1) is 5.92 Å². The molecule has 4 rings (SSSR count). The van der Waals surface area contributed by atoms with Crippen molar-refractivity contribution < 1.29 is 14.3 Å². The molecule has 4 heteroatoms. The lowest BCUT2D eigenvalue weighted by Crippen LogP contribution is -2.14. The quantitative estimate of drug-likeness (QED) is 0.742. The average molecular weight is 333 g/mol. The summed E-state index contributed by atoms with van der Waals surface area (Å²) >= 11 is 0. The number of para-hydroxylation sites is 1. The fraction of sp³-hybridized carbons (Fsp3) is 0.0952. The Hall–Kier alpha value is -3.14. The van der Waals surface area contributed by atoms with Gasteiger partial charge in [-0.2, -0.15) is 0 Å². The minimum absolute atomic E-state index is 0.135. The summed E-state index contributed by atoms with van der Waals surface area (Å²) in [6.45, 7) is 0. The Labute approximate surface area is 144 Å². The Balaban J connectivity index is 1.67. The average Bonchev–Trinajstić information content (AvgIpc) is 2.94. The van der Waals surface area contributed by atoms with Crippen molar-refractivity contribution in [3.05, 3.63) is 83.7 Å². The summed E-state index contributed by atoms with van der Waals surface area (Å²) in [5.74, 6) is -1.63. The number of carbonyl (C=O) groups excluding carboxylic acids is 1. The van der Waals surface area contributed by atoms with Crippen molar-refractivity contribution in [2.75, 3.05) is 5.32 Å². The van der Waals surface area contributed by atoms with Crippen molar-refractivity contribution >= 4 is 11.6 Å². The van der Waals surface area contributed by atoms with Crippen LogP contribution in [-0.4, -0.2) is 11.0 Å². The molecule has 3 nitrogen and oxygen atoms in total. The number of phenolic OH excluding ortho intramolecular Hbond substituents is 1. The Bertz CT molecular complexity index is 953. The first kappa shape index (κ1) is 15.4. The molecule has 2 N–H and O–H groups in total. The minimum Gasteiger partial charge on any atom is -0.505 e. The Morgan fingerprint density at radius 2 is 1.76 bits per heavy atom. The van der Waals surface area contributed by atoms with E-state index in [-0.39, 0.29) is 18.1 Å². The summed E-state index contributed by atoms with van der Waals surface area (Å²) in [6.07, 6.45) is 0.257. The molecular weight excluding hydrogens is 317 g/mol. The third-order valence-corrected chi connectivity index (χ3v) is 4.60. The number of halogens is 1. The van der Waals surface area contributed by atoms with Gasteiger partial charge in [-0.15, -0.1) is 0 Å². The Kier molecular flexibility index (Phi) is 3.73. The van der Waals surface area contributed by atoms with Gasteiger partial charge < -0.3 is 10.4 Å². The summed E-state index contributed by atoms with van der Waals surface area (Å²) in [5, 5.41) is 12.8. The first-order valence-electron chi connectivity index (χ1n) is 8.10. The lowest BCUT2D eigenvalue weighted by molar-refractivity contribution is -0.117. The second-order valence-corrected chi connectivity index (χ2v) is 6.16. The van der Waals surface area contributed by atoms with Gasteiger partial charge in [0.1, 0.15) is 0 Å². The van der Waals surface area contributed by atoms with Crippen molar-refractivity contribution in [2.24, 2.45) is 0 Å². The van der Waals surface area contributed by atoms with Crippen molar-refractivity contribution in [2.45, 2.75) is 12.3 Å². The van der Waals surface area contributed by atoms with Crippen LogP contribution in [0.1, 0.15) is 17.0 Å². The molecule has 3 aromatic carbocycles. The molecule has 0 fully saturated rings. The second kappa shape index (κ2) is 6.06. The van der Waals surface area contributed by atoms with Gasteiger partial charge in [0.25, 0.3) is 0 Å². The number of anilines is 1. The molecule has 1 aliphatic heterocycles. The summed E-state index contributed by atoms with van der Waals surface area (Å²) in [5.41, 5.74) is 4.17. The van der Waals surface area contributed by atoms with Crippen LogP contribution in [0, 0.1) is 5.82 Å². The molecule has 0 aliphatic carbocycles. The molecule has 0 radical (unpaired) electrons. The normalized spacial score (nSPS) is 15.7. The lowest BCUT2D eigenvalue weighted by Gasteiger charge is -2.11. The van der Waals surface area contributed by atoms with E-state index in [1.54, 1.807) is 6.07 Å². The van der Waals surface area contributed by atoms with Gasteiger partial charge in [-0.3, -0.25) is 4.79 Å². The highest BCUT2D eigenvalue weighted by atomic mass is 19.1. The molecule has 1 heterocycles. The van der Waals surface area contributed by atoms with Gasteiger partial charge >= 0.3 is 0 Å². The first-order valence-corrected chi connectivity index (χ1v) is 8.10. The van der Waals surface area contributed by atoms with Crippen LogP contribution in [-0.2, 0) is 11.2 Å². The van der Waals surface area contributed by atoms with Crippen LogP contribution in [0.4, 0.5) is 10.1 Å². The molecule has 0 saturated carbocycles. The molecule has 1 unspecified atom stereocenters. The molecule has 0 spiro atoms. The molecule has 25 heavy (non-hydrogen) atoms. The van der Waals surface area contributed by atoms with Crippen LogP contribution in [0.2, 0.25) is 0 Å². The largest absolute Gasteiger partial charge is 0.505 e. The molecule has 0 bridgehead atoms. The third-order valence-electron chi connectivity index (χ3n) is 4.60. The summed E-state index contributed by atoms with van der Waals surface area (Å²) in [7, 11) is 0. The zero-order valence-electron chi connectivity index (χ0n) is 13.4. The number of aromatic hydroxyl groups is 1. The van der Waals surface area contributed by atoms with Crippen molar-refractivity contribution in [3.8, 4) is 16.9 Å². The SMILES string of the molecule is O=C1Nc2cc(-c3ccccc3)ccc2C1Cc1cccc(F)c1O. The zero-order chi connectivity index (χ0) is 17.4. The smallest absolute Gasteiger partial charge is 0.232 e. The van der Waals surface area contributed by atoms with E-state index >= 15 is 0 Å². The van der Waals surface area contributed by atoms with Gasteiger partial charge in [-0.05, 0) is 40.8 Å². The lowest BCUT2D eigenvalue weighted by atomic mass is 9.91. The van der Waals surface area contributed by atoms with E-state index in [0.717, 1.165) is 22.4 Å². The number of fused-ring (bicyclic) bond motifs is 1. The maximum absolute atomic E-state index is 13.5. The predicted molar refractivity (Wildman–Crippen MR) is 95.0 cm³/mol. The maximum Gasteiger partial charge on any atom is 0.232 e. The number of rotatable bonds is 3. The summed E-state index contributed by atoms with van der Waals surface area (Å²) in [4.78, 5) is 12.4. The first-order chi connectivity index (χ1) is 12.1. The predicted octanol–water partition coefficient (Wildman–Crippen LogP) is 4.48. The van der Waals surface area contributed by atoms with E-state index in [0.29, 0.717) is 5.56 Å². The van der Waals surface area contributed by atoms with Gasteiger partial charge in [-0.1, -0.05) is 54.6 Å². The molecule has 0 saturated heterocycles. The van der Waals surface area contributed by atoms with Crippen LogP contribution in [0.5, 0.6) is 5.75 Å². The van der Waals surface area contributed by atoms with Gasteiger partial charge in [0.15, 0.2) is 11.6 Å². The van der Waals surface area contributed by atoms with Gasteiger partial charge in [0, 0.05) is 5.69 Å². The van der Waals surface area contributed by atoms with Crippen LogP contribution < -0.4 is 5.32 Å². The molecule has 0 aromatic heterocycles. The van der Waals surface area contributed by atoms with E-state index in [1.165, 1.54) is 12.1 Å². The fourth-order valence-electron chi connectivity index (χ4n) is 3.29. The molecule has 3 aromatic rings. The van der Waals surface area contributed by atoms with E-state index < -0.39 is 11.7 Å². The zero-order valence-corrected chi connectivity index (χ0v) is 13.4. The van der Waals surface area contributed by atoms with E-state index in [1.807, 2.05) is 48.5 Å². The maximum atomic E-state index is 13.5. The minimum atomic E-state index is -0.671. The number of amides is 1. The van der Waals surface area contributed by atoms with Crippen LogP contribution in [0.3, 0.4) is 0 Å². The number of phenols is 1. The Morgan fingerprint density at radius 1 is 0.960 bits per heavy atom.